The molecule has 0 unspecified atom stereocenters. The van der Waals surface area contributed by atoms with Crippen LogP contribution in [0.5, 0.6) is 0 Å². The largest absolute Gasteiger partial charge is 0.342 e. The minimum absolute atomic E-state index is 0.253. The van der Waals surface area contributed by atoms with Crippen LogP contribution in [-0.4, -0.2) is 23.1 Å². The number of aromatic nitrogens is 2. The summed E-state index contributed by atoms with van der Waals surface area (Å²) in [7, 11) is 0. The third kappa shape index (κ3) is 1.54. The van der Waals surface area contributed by atoms with E-state index in [2.05, 4.69) is 14.9 Å². The van der Waals surface area contributed by atoms with Crippen molar-refractivity contribution in [3.05, 3.63) is 24.0 Å². The van der Waals surface area contributed by atoms with Gasteiger partial charge in [-0.15, -0.1) is 0 Å². The summed E-state index contributed by atoms with van der Waals surface area (Å²) in [4.78, 5) is 9.71. The maximum absolute atomic E-state index is 13.5. The van der Waals surface area contributed by atoms with E-state index in [9.17, 15) is 4.39 Å². The van der Waals surface area contributed by atoms with Crippen molar-refractivity contribution >= 4 is 17.0 Å². The zero-order valence-corrected chi connectivity index (χ0v) is 9.04. The zero-order valence-electron chi connectivity index (χ0n) is 9.04. The van der Waals surface area contributed by atoms with Crippen LogP contribution in [0.15, 0.2) is 18.2 Å². The number of H-pyrrole nitrogens is 1. The molecule has 0 atom stereocenters. The SMILES string of the molecule is Fc1cccc2[nH]c(N3CCCCC3)nc12. The summed E-state index contributed by atoms with van der Waals surface area (Å²) in [5.74, 6) is 0.553. The van der Waals surface area contributed by atoms with Crippen molar-refractivity contribution in [3.8, 4) is 0 Å². The van der Waals surface area contributed by atoms with Crippen LogP contribution in [0, 0.1) is 5.82 Å². The van der Waals surface area contributed by atoms with E-state index < -0.39 is 0 Å². The molecule has 1 aliphatic heterocycles. The molecule has 0 bridgehead atoms. The van der Waals surface area contributed by atoms with E-state index in [1.807, 2.05) is 6.07 Å². The predicted molar refractivity (Wildman–Crippen MR) is 62.1 cm³/mol. The van der Waals surface area contributed by atoms with Crippen LogP contribution in [0.1, 0.15) is 19.3 Å². The highest BCUT2D eigenvalue weighted by Gasteiger charge is 2.15. The Bertz CT molecular complexity index is 500. The molecule has 1 saturated heterocycles. The Balaban J connectivity index is 2.01. The van der Waals surface area contributed by atoms with Crippen molar-refractivity contribution in [2.24, 2.45) is 0 Å². The molecule has 16 heavy (non-hydrogen) atoms. The van der Waals surface area contributed by atoms with Crippen LogP contribution in [0.3, 0.4) is 0 Å². The molecule has 1 aromatic heterocycles. The molecule has 3 rings (SSSR count). The van der Waals surface area contributed by atoms with Crippen molar-refractivity contribution in [2.75, 3.05) is 18.0 Å². The fraction of sp³-hybridized carbons (Fsp3) is 0.417. The van der Waals surface area contributed by atoms with Gasteiger partial charge in [0.2, 0.25) is 5.95 Å². The number of benzene rings is 1. The number of hydrogen-bond acceptors (Lipinski definition) is 2. The van der Waals surface area contributed by atoms with E-state index in [1.54, 1.807) is 6.07 Å². The Morgan fingerprint density at radius 3 is 2.75 bits per heavy atom. The fourth-order valence-corrected chi connectivity index (χ4v) is 2.24. The minimum Gasteiger partial charge on any atom is -0.342 e. The van der Waals surface area contributed by atoms with Gasteiger partial charge in [0.05, 0.1) is 5.52 Å². The molecule has 0 radical (unpaired) electrons. The zero-order chi connectivity index (χ0) is 11.0. The summed E-state index contributed by atoms with van der Waals surface area (Å²) in [6.07, 6.45) is 3.67. The van der Waals surface area contributed by atoms with E-state index >= 15 is 0 Å². The first-order valence-electron chi connectivity index (χ1n) is 5.74. The number of rotatable bonds is 1. The van der Waals surface area contributed by atoms with Gasteiger partial charge in [0.25, 0.3) is 0 Å². The van der Waals surface area contributed by atoms with Crippen molar-refractivity contribution in [1.82, 2.24) is 9.97 Å². The molecule has 1 N–H and O–H groups in total. The first-order valence-corrected chi connectivity index (χ1v) is 5.74. The molecular formula is C12H14FN3. The monoisotopic (exact) mass is 219 g/mol. The Labute approximate surface area is 93.3 Å². The number of hydrogen-bond donors (Lipinski definition) is 1. The lowest BCUT2D eigenvalue weighted by molar-refractivity contribution is 0.570. The molecular weight excluding hydrogens is 205 g/mol. The number of aromatic amines is 1. The van der Waals surface area contributed by atoms with Gasteiger partial charge in [-0.1, -0.05) is 6.07 Å². The smallest absolute Gasteiger partial charge is 0.203 e. The summed E-state index contributed by atoms with van der Waals surface area (Å²) >= 11 is 0. The van der Waals surface area contributed by atoms with Gasteiger partial charge in [-0.05, 0) is 31.4 Å². The standard InChI is InChI=1S/C12H14FN3/c13-9-5-4-6-10-11(9)15-12(14-10)16-7-2-1-3-8-16/h4-6H,1-3,7-8H2,(H,14,15). The normalized spacial score (nSPS) is 16.9. The second kappa shape index (κ2) is 3.77. The van der Waals surface area contributed by atoms with Gasteiger partial charge in [0, 0.05) is 13.1 Å². The van der Waals surface area contributed by atoms with E-state index in [0.29, 0.717) is 5.52 Å². The molecule has 2 aromatic rings. The molecule has 4 heteroatoms. The van der Waals surface area contributed by atoms with E-state index in [0.717, 1.165) is 24.6 Å². The maximum Gasteiger partial charge on any atom is 0.203 e. The number of halogens is 1. The number of nitrogens with zero attached hydrogens (tertiary/aromatic N) is 2. The van der Waals surface area contributed by atoms with Gasteiger partial charge in [-0.2, -0.15) is 0 Å². The Morgan fingerprint density at radius 1 is 1.19 bits per heavy atom. The lowest BCUT2D eigenvalue weighted by Crippen LogP contribution is -2.30. The average molecular weight is 219 g/mol. The summed E-state index contributed by atoms with van der Waals surface area (Å²) in [6, 6.07) is 5.01. The van der Waals surface area contributed by atoms with Gasteiger partial charge < -0.3 is 9.88 Å². The molecule has 0 aliphatic carbocycles. The number of fused-ring (bicyclic) bond motifs is 1. The summed E-state index contributed by atoms with van der Waals surface area (Å²) < 4.78 is 13.5. The molecule has 0 saturated carbocycles. The molecule has 1 aliphatic rings. The highest BCUT2D eigenvalue weighted by molar-refractivity contribution is 5.78. The maximum atomic E-state index is 13.5. The lowest BCUT2D eigenvalue weighted by atomic mass is 10.1. The number of para-hydroxylation sites is 1. The van der Waals surface area contributed by atoms with Crippen molar-refractivity contribution in [2.45, 2.75) is 19.3 Å². The first-order chi connectivity index (χ1) is 7.84. The van der Waals surface area contributed by atoms with Crippen molar-refractivity contribution in [3.63, 3.8) is 0 Å². The Hall–Kier alpha value is -1.58. The highest BCUT2D eigenvalue weighted by Crippen LogP contribution is 2.22. The molecule has 2 heterocycles. The van der Waals surface area contributed by atoms with Crippen LogP contribution in [-0.2, 0) is 0 Å². The Kier molecular flexibility index (Phi) is 2.27. The third-order valence-corrected chi connectivity index (χ3v) is 3.11. The second-order valence-electron chi connectivity index (χ2n) is 4.24. The number of nitrogens with one attached hydrogen (secondary N) is 1. The summed E-state index contributed by atoms with van der Waals surface area (Å²) in [5.41, 5.74) is 1.23. The Morgan fingerprint density at radius 2 is 2.00 bits per heavy atom. The van der Waals surface area contributed by atoms with E-state index in [1.165, 1.54) is 25.3 Å². The molecule has 0 amide bonds. The summed E-state index contributed by atoms with van der Waals surface area (Å²) in [6.45, 7) is 2.03. The minimum atomic E-state index is -0.253. The highest BCUT2D eigenvalue weighted by atomic mass is 19.1. The van der Waals surface area contributed by atoms with Crippen LogP contribution in [0.25, 0.3) is 11.0 Å². The molecule has 1 fully saturated rings. The van der Waals surface area contributed by atoms with E-state index in [-0.39, 0.29) is 5.82 Å². The van der Waals surface area contributed by atoms with Crippen molar-refractivity contribution < 1.29 is 4.39 Å². The average Bonchev–Trinajstić information content (AvgIpc) is 2.76. The fourth-order valence-electron chi connectivity index (χ4n) is 2.24. The molecule has 3 nitrogen and oxygen atoms in total. The molecule has 84 valence electrons. The quantitative estimate of drug-likeness (QED) is 0.799. The topological polar surface area (TPSA) is 31.9 Å². The van der Waals surface area contributed by atoms with Gasteiger partial charge in [0.1, 0.15) is 5.52 Å². The third-order valence-electron chi connectivity index (χ3n) is 3.11. The number of piperidine rings is 1. The van der Waals surface area contributed by atoms with Gasteiger partial charge in [-0.3, -0.25) is 0 Å². The second-order valence-corrected chi connectivity index (χ2v) is 4.24. The van der Waals surface area contributed by atoms with Crippen LogP contribution >= 0.6 is 0 Å². The first kappa shape index (κ1) is 9.63. The van der Waals surface area contributed by atoms with Crippen molar-refractivity contribution in [1.29, 1.82) is 0 Å². The molecule has 1 aromatic carbocycles. The summed E-state index contributed by atoms with van der Waals surface area (Å²) in [5, 5.41) is 0. The van der Waals surface area contributed by atoms with Crippen LogP contribution in [0.4, 0.5) is 10.3 Å². The number of anilines is 1. The van der Waals surface area contributed by atoms with Gasteiger partial charge in [0.15, 0.2) is 5.82 Å². The predicted octanol–water partition coefficient (Wildman–Crippen LogP) is 2.69. The van der Waals surface area contributed by atoms with Gasteiger partial charge in [-0.25, -0.2) is 9.37 Å². The van der Waals surface area contributed by atoms with Gasteiger partial charge >= 0.3 is 0 Å². The number of imidazole rings is 1. The lowest BCUT2D eigenvalue weighted by Gasteiger charge is -2.25. The molecule has 0 spiro atoms. The van der Waals surface area contributed by atoms with Crippen LogP contribution in [0.2, 0.25) is 0 Å². The van der Waals surface area contributed by atoms with Crippen LogP contribution < -0.4 is 4.90 Å². The van der Waals surface area contributed by atoms with E-state index in [4.69, 9.17) is 0 Å².